The Kier molecular flexibility index (Phi) is 20.7. The highest BCUT2D eigenvalue weighted by Gasteiger charge is 2.44. The Labute approximate surface area is 436 Å². The Bertz CT molecular complexity index is 2180. The Morgan fingerprint density at radius 1 is 0.549 bits per heavy atom. The van der Waals surface area contributed by atoms with Crippen LogP contribution in [0.25, 0.3) is 0 Å². The molecule has 1 N–H and O–H groups in total. The lowest BCUT2D eigenvalue weighted by Gasteiger charge is -2.39. The lowest BCUT2D eigenvalue weighted by molar-refractivity contribution is 0.0244. The SMILES string of the molecule is CC(C)(C)OC(=O)N1CCC2(CCN(CCSC(c3ccc(F)cc3)c3ccc(F)cc3)CC2)C1.CC(C)(C)OC(=O)N1CCC2(CCNCC2)C1.Fc1ccc(C(SCCBr)c2ccc(F)cc2)cc1. The lowest BCUT2D eigenvalue weighted by Crippen LogP contribution is -2.43. The molecule has 4 fully saturated rings. The van der Waals surface area contributed by atoms with E-state index in [0.717, 1.165) is 124 Å². The van der Waals surface area contributed by atoms with Crippen LogP contribution >= 0.6 is 39.5 Å². The summed E-state index contributed by atoms with van der Waals surface area (Å²) in [6.45, 7) is 20.0. The molecule has 4 aromatic rings. The highest BCUT2D eigenvalue weighted by atomic mass is 79.9. The smallest absolute Gasteiger partial charge is 0.410 e. The van der Waals surface area contributed by atoms with Gasteiger partial charge in [-0.1, -0.05) is 64.5 Å². The molecular weight excluding hydrogens is 1010 g/mol. The van der Waals surface area contributed by atoms with E-state index in [1.54, 1.807) is 36.0 Å². The molecule has 0 unspecified atom stereocenters. The van der Waals surface area contributed by atoms with Crippen molar-refractivity contribution in [2.45, 2.75) is 102 Å². The van der Waals surface area contributed by atoms with Crippen LogP contribution in [0.15, 0.2) is 97.1 Å². The second kappa shape index (κ2) is 25.9. The summed E-state index contributed by atoms with van der Waals surface area (Å²) in [5.74, 6) is 0.863. The third-order valence-corrected chi connectivity index (χ3v) is 17.0. The topological polar surface area (TPSA) is 74.4 Å². The van der Waals surface area contributed by atoms with Crippen molar-refractivity contribution in [2.24, 2.45) is 10.8 Å². The second-order valence-electron chi connectivity index (χ2n) is 21.3. The van der Waals surface area contributed by atoms with Crippen LogP contribution in [0, 0.1) is 34.1 Å². The number of likely N-dealkylation sites (tertiary alicyclic amines) is 3. The molecule has 4 aliphatic rings. The van der Waals surface area contributed by atoms with Gasteiger partial charge in [0.05, 0.1) is 10.5 Å². The van der Waals surface area contributed by atoms with Crippen molar-refractivity contribution in [3.63, 3.8) is 0 Å². The highest BCUT2D eigenvalue weighted by molar-refractivity contribution is 9.09. The molecule has 2 spiro atoms. The number of alkyl halides is 1. The van der Waals surface area contributed by atoms with E-state index >= 15 is 0 Å². The van der Waals surface area contributed by atoms with Gasteiger partial charge in [-0.25, -0.2) is 27.2 Å². The largest absolute Gasteiger partial charge is 0.444 e. The summed E-state index contributed by atoms with van der Waals surface area (Å²) < 4.78 is 63.9. The van der Waals surface area contributed by atoms with Crippen molar-refractivity contribution in [3.05, 3.63) is 143 Å². The van der Waals surface area contributed by atoms with Crippen molar-refractivity contribution in [1.82, 2.24) is 20.0 Å². The minimum absolute atomic E-state index is 0.0320. The van der Waals surface area contributed by atoms with Gasteiger partial charge in [-0.3, -0.25) is 0 Å². The maximum Gasteiger partial charge on any atom is 0.410 e. The van der Waals surface area contributed by atoms with E-state index in [9.17, 15) is 27.2 Å². The van der Waals surface area contributed by atoms with Crippen LogP contribution in [0.4, 0.5) is 27.2 Å². The Hall–Kier alpha value is -3.76. The highest BCUT2D eigenvalue weighted by Crippen LogP contribution is 2.42. The molecule has 71 heavy (non-hydrogen) atoms. The first kappa shape index (κ1) is 56.5. The third-order valence-electron chi connectivity index (χ3n) is 13.5. The van der Waals surface area contributed by atoms with Crippen LogP contribution in [0.1, 0.15) is 113 Å². The fourth-order valence-electron chi connectivity index (χ4n) is 9.64. The van der Waals surface area contributed by atoms with E-state index in [1.165, 1.54) is 61.4 Å². The first-order valence-corrected chi connectivity index (χ1v) is 28.2. The molecule has 4 saturated heterocycles. The number of ether oxygens (including phenoxy) is 2. The quantitative estimate of drug-likeness (QED) is 0.118. The third kappa shape index (κ3) is 17.7. The standard InChI is InChI=1S/C28H36F2N2O2S.C15H13BrF2S.C13H24N2O2/c1-27(2,3)34-26(33)32-17-14-28(20-32)12-15-31(16-13-28)18-19-35-25(21-4-8-23(29)9-5-21)22-6-10-24(30)11-7-22;16-9-10-19-15(11-1-5-13(17)6-2-11)12-3-7-14(18)8-4-12;1-12(2,3)17-11(16)15-9-6-13(10-15)4-7-14-8-5-13/h4-11,25H,12-20H2,1-3H3;1-8,15H,9-10H2;14H,4-10H2,1-3H3. The van der Waals surface area contributed by atoms with Gasteiger partial charge in [0, 0.05) is 49.6 Å². The maximum absolute atomic E-state index is 13.5. The summed E-state index contributed by atoms with van der Waals surface area (Å²) in [6.07, 6.45) is 6.40. The average Bonchev–Trinajstić information content (AvgIpc) is 3.95. The molecule has 4 aromatic carbocycles. The van der Waals surface area contributed by atoms with E-state index in [1.807, 2.05) is 87.4 Å². The fourth-order valence-corrected chi connectivity index (χ4v) is 12.5. The van der Waals surface area contributed by atoms with Crippen molar-refractivity contribution >= 4 is 51.6 Å². The second-order valence-corrected chi connectivity index (χ2v) is 24.5. The van der Waals surface area contributed by atoms with Gasteiger partial charge >= 0.3 is 12.2 Å². The predicted molar refractivity (Wildman–Crippen MR) is 285 cm³/mol. The number of carbonyl (C=O) groups is 2. The van der Waals surface area contributed by atoms with Crippen molar-refractivity contribution in [2.75, 3.05) is 75.7 Å². The molecule has 0 atom stereocenters. The zero-order chi connectivity index (χ0) is 51.2. The zero-order valence-electron chi connectivity index (χ0n) is 42.3. The molecule has 0 radical (unpaired) electrons. The number of piperidine rings is 2. The number of rotatable bonds is 11. The van der Waals surface area contributed by atoms with Gasteiger partial charge < -0.3 is 29.5 Å². The zero-order valence-corrected chi connectivity index (χ0v) is 45.5. The number of amides is 2. The van der Waals surface area contributed by atoms with Crippen molar-refractivity contribution < 1.29 is 36.6 Å². The fraction of sp³-hybridized carbons (Fsp3) is 0.536. The molecule has 8 nitrogen and oxygen atoms in total. The van der Waals surface area contributed by atoms with E-state index in [4.69, 9.17) is 9.47 Å². The van der Waals surface area contributed by atoms with Gasteiger partial charge in [-0.2, -0.15) is 0 Å². The summed E-state index contributed by atoms with van der Waals surface area (Å²) >= 11 is 6.96. The summed E-state index contributed by atoms with van der Waals surface area (Å²) in [6, 6.07) is 26.2. The van der Waals surface area contributed by atoms with Crippen LogP contribution in [-0.4, -0.2) is 114 Å². The van der Waals surface area contributed by atoms with Gasteiger partial charge in [0.2, 0.25) is 0 Å². The van der Waals surface area contributed by atoms with Crippen LogP contribution in [-0.2, 0) is 9.47 Å². The summed E-state index contributed by atoms with van der Waals surface area (Å²) in [5.41, 5.74) is 3.82. The molecule has 2 amide bonds. The Morgan fingerprint density at radius 3 is 1.21 bits per heavy atom. The first-order chi connectivity index (χ1) is 33.7. The monoisotopic (exact) mass is 1080 g/mol. The molecule has 0 bridgehead atoms. The summed E-state index contributed by atoms with van der Waals surface area (Å²) in [5, 5.41) is 4.40. The van der Waals surface area contributed by atoms with Crippen LogP contribution in [0.2, 0.25) is 0 Å². The van der Waals surface area contributed by atoms with E-state index in [2.05, 4.69) is 26.1 Å². The van der Waals surface area contributed by atoms with Crippen LogP contribution in [0.5, 0.6) is 0 Å². The Balaban J connectivity index is 0.000000193. The number of thioether (sulfide) groups is 2. The van der Waals surface area contributed by atoms with Crippen molar-refractivity contribution in [1.29, 1.82) is 0 Å². The number of benzene rings is 4. The Morgan fingerprint density at radius 2 is 0.873 bits per heavy atom. The molecule has 388 valence electrons. The molecule has 4 heterocycles. The first-order valence-electron chi connectivity index (χ1n) is 24.9. The van der Waals surface area contributed by atoms with E-state index in [0.29, 0.717) is 5.41 Å². The summed E-state index contributed by atoms with van der Waals surface area (Å²) in [7, 11) is 0. The molecule has 8 rings (SSSR count). The molecule has 0 aromatic heterocycles. The lowest BCUT2D eigenvalue weighted by atomic mass is 9.78. The predicted octanol–water partition coefficient (Wildman–Crippen LogP) is 13.7. The molecule has 0 saturated carbocycles. The average molecular weight is 1090 g/mol. The van der Waals surface area contributed by atoms with E-state index in [-0.39, 0.29) is 57.0 Å². The van der Waals surface area contributed by atoms with Gasteiger partial charge in [-0.05, 0) is 188 Å². The van der Waals surface area contributed by atoms with E-state index < -0.39 is 5.60 Å². The number of halogens is 5. The molecule has 15 heteroatoms. The number of hydrogen-bond donors (Lipinski definition) is 1. The van der Waals surface area contributed by atoms with Crippen LogP contribution in [0.3, 0.4) is 0 Å². The van der Waals surface area contributed by atoms with Gasteiger partial charge in [0.1, 0.15) is 34.5 Å². The molecule has 0 aliphatic carbocycles. The van der Waals surface area contributed by atoms with Gasteiger partial charge in [-0.15, -0.1) is 23.5 Å². The van der Waals surface area contributed by atoms with Crippen molar-refractivity contribution in [3.8, 4) is 0 Å². The molecular formula is C56H73BrF4N4O4S2. The maximum atomic E-state index is 13.5. The summed E-state index contributed by atoms with van der Waals surface area (Å²) in [4.78, 5) is 30.7. The normalized spacial score (nSPS) is 17.8. The van der Waals surface area contributed by atoms with Crippen LogP contribution < -0.4 is 5.32 Å². The van der Waals surface area contributed by atoms with Gasteiger partial charge in [0.15, 0.2) is 0 Å². The van der Waals surface area contributed by atoms with Gasteiger partial charge in [0.25, 0.3) is 0 Å². The number of carbonyl (C=O) groups excluding carboxylic acids is 2. The minimum Gasteiger partial charge on any atom is -0.444 e. The molecule has 4 aliphatic heterocycles. The number of hydrogen-bond acceptors (Lipinski definition) is 8. The number of nitrogens with zero attached hydrogens (tertiary/aromatic N) is 3. The number of nitrogens with one attached hydrogen (secondary N) is 1. The minimum atomic E-state index is -0.465.